The van der Waals surface area contributed by atoms with Gasteiger partial charge in [0.2, 0.25) is 0 Å². The molecule has 1 aromatic carbocycles. The number of carbonyl (C=O) groups is 1. The van der Waals surface area contributed by atoms with Gasteiger partial charge in [0, 0.05) is 32.4 Å². The molecule has 7 nitrogen and oxygen atoms in total. The molecule has 0 bridgehead atoms. The fourth-order valence-corrected chi connectivity index (χ4v) is 4.28. The lowest BCUT2D eigenvalue weighted by Crippen LogP contribution is -2.42. The number of carbonyl (C=O) groups excluding carboxylic acids is 1. The number of benzene rings is 1. The highest BCUT2D eigenvalue weighted by Gasteiger charge is 2.31. The summed E-state index contributed by atoms with van der Waals surface area (Å²) in [6, 6.07) is 17.9. The molecule has 0 N–H and O–H groups in total. The van der Waals surface area contributed by atoms with E-state index in [2.05, 4.69) is 22.0 Å². The molecule has 0 spiro atoms. The highest BCUT2D eigenvalue weighted by Crippen LogP contribution is 2.23. The molecule has 7 heteroatoms. The summed E-state index contributed by atoms with van der Waals surface area (Å²) in [4.78, 5) is 33.6. The number of hydrogen-bond donors (Lipinski definition) is 0. The maximum Gasteiger partial charge on any atom is 0.410 e. The van der Waals surface area contributed by atoms with Crippen LogP contribution in [0.5, 0.6) is 0 Å². The third kappa shape index (κ3) is 6.29. The van der Waals surface area contributed by atoms with Crippen LogP contribution in [0, 0.1) is 0 Å². The van der Waals surface area contributed by atoms with Gasteiger partial charge < -0.3 is 14.5 Å². The number of amides is 1. The number of nitrogens with zero attached hydrogens (tertiary/aromatic N) is 4. The zero-order valence-corrected chi connectivity index (χ0v) is 21.0. The van der Waals surface area contributed by atoms with Gasteiger partial charge in [0.05, 0.1) is 17.9 Å². The average Bonchev–Trinajstić information content (AvgIpc) is 3.32. The summed E-state index contributed by atoms with van der Waals surface area (Å²) in [5, 5.41) is 0. The van der Waals surface area contributed by atoms with Gasteiger partial charge in [0.25, 0.3) is 5.56 Å². The molecule has 3 heterocycles. The van der Waals surface area contributed by atoms with Crippen LogP contribution in [-0.4, -0.2) is 52.3 Å². The summed E-state index contributed by atoms with van der Waals surface area (Å²) in [6.07, 6.45) is 5.82. The Labute approximate surface area is 207 Å². The SMILES string of the molecule is CN(C(=O)OC(C)(C)C)[C@H]1CCN(c2ccc(-n3ccc(CCc4ccccc4)cc3=O)cn2)C1. The fourth-order valence-electron chi connectivity index (χ4n) is 4.28. The maximum atomic E-state index is 12.7. The molecule has 2 aromatic heterocycles. The van der Waals surface area contributed by atoms with Crippen molar-refractivity contribution in [2.45, 2.75) is 51.7 Å². The minimum atomic E-state index is -0.515. The second-order valence-electron chi connectivity index (χ2n) is 10.1. The van der Waals surface area contributed by atoms with Crippen molar-refractivity contribution in [2.75, 3.05) is 25.0 Å². The van der Waals surface area contributed by atoms with E-state index in [1.54, 1.807) is 28.8 Å². The summed E-state index contributed by atoms with van der Waals surface area (Å²) in [5.74, 6) is 0.835. The number of pyridine rings is 2. The van der Waals surface area contributed by atoms with Crippen molar-refractivity contribution in [3.05, 3.63) is 88.5 Å². The Morgan fingerprint density at radius 2 is 1.83 bits per heavy atom. The number of aromatic nitrogens is 2. The molecule has 3 aromatic rings. The van der Waals surface area contributed by atoms with E-state index in [1.165, 1.54) is 5.56 Å². The van der Waals surface area contributed by atoms with E-state index in [0.717, 1.165) is 42.9 Å². The quantitative estimate of drug-likeness (QED) is 0.528. The highest BCUT2D eigenvalue weighted by atomic mass is 16.6. The normalized spacial score (nSPS) is 15.8. The second-order valence-corrected chi connectivity index (χ2v) is 10.1. The Kier molecular flexibility index (Phi) is 7.24. The van der Waals surface area contributed by atoms with E-state index in [9.17, 15) is 9.59 Å². The van der Waals surface area contributed by atoms with Gasteiger partial charge in [-0.3, -0.25) is 9.36 Å². The van der Waals surface area contributed by atoms with Gasteiger partial charge in [-0.15, -0.1) is 0 Å². The molecule has 1 aliphatic heterocycles. The van der Waals surface area contributed by atoms with Crippen LogP contribution in [0.3, 0.4) is 0 Å². The van der Waals surface area contributed by atoms with Crippen LogP contribution in [0.15, 0.2) is 71.8 Å². The molecule has 35 heavy (non-hydrogen) atoms. The zero-order chi connectivity index (χ0) is 25.0. The van der Waals surface area contributed by atoms with Gasteiger partial charge in [0.1, 0.15) is 11.4 Å². The second kappa shape index (κ2) is 10.3. The summed E-state index contributed by atoms with van der Waals surface area (Å²) >= 11 is 0. The maximum absolute atomic E-state index is 12.7. The molecule has 1 aliphatic rings. The Morgan fingerprint density at radius 3 is 2.49 bits per heavy atom. The Bertz CT molecular complexity index is 1200. The molecule has 1 atom stereocenters. The average molecular weight is 475 g/mol. The number of hydrogen-bond acceptors (Lipinski definition) is 5. The topological polar surface area (TPSA) is 67.7 Å². The standard InChI is InChI=1S/C28H34N4O3/c1-28(2,3)35-27(34)30(4)24-15-16-31(20-24)25-13-12-23(19-29-25)32-17-14-22(18-26(32)33)11-10-21-8-6-5-7-9-21/h5-9,12-14,17-19,24H,10-11,15-16,20H2,1-4H3/t24-/m0/s1. The van der Waals surface area contributed by atoms with Crippen molar-refractivity contribution in [3.8, 4) is 5.69 Å². The summed E-state index contributed by atoms with van der Waals surface area (Å²) in [6.45, 7) is 7.11. The van der Waals surface area contributed by atoms with Crippen LogP contribution >= 0.6 is 0 Å². The minimum Gasteiger partial charge on any atom is -0.444 e. The van der Waals surface area contributed by atoms with Crippen molar-refractivity contribution in [3.63, 3.8) is 0 Å². The summed E-state index contributed by atoms with van der Waals surface area (Å²) in [5.41, 5.74) is 2.44. The van der Waals surface area contributed by atoms with Gasteiger partial charge in [-0.05, 0) is 69.4 Å². The first-order valence-corrected chi connectivity index (χ1v) is 12.1. The van der Waals surface area contributed by atoms with E-state index in [0.29, 0.717) is 6.54 Å². The van der Waals surface area contributed by atoms with Crippen molar-refractivity contribution >= 4 is 11.9 Å². The fraction of sp³-hybridized carbons (Fsp3) is 0.393. The van der Waals surface area contributed by atoms with Crippen molar-refractivity contribution in [1.82, 2.24) is 14.5 Å². The first kappa shape index (κ1) is 24.5. The Balaban J connectivity index is 1.37. The first-order chi connectivity index (χ1) is 16.7. The smallest absolute Gasteiger partial charge is 0.410 e. The number of ether oxygens (including phenoxy) is 1. The van der Waals surface area contributed by atoms with Crippen LogP contribution in [-0.2, 0) is 17.6 Å². The van der Waals surface area contributed by atoms with Crippen LogP contribution in [0.1, 0.15) is 38.3 Å². The predicted molar refractivity (Wildman–Crippen MR) is 138 cm³/mol. The van der Waals surface area contributed by atoms with E-state index >= 15 is 0 Å². The lowest BCUT2D eigenvalue weighted by molar-refractivity contribution is 0.0238. The van der Waals surface area contributed by atoms with Crippen LogP contribution in [0.2, 0.25) is 0 Å². The number of rotatable bonds is 6. The van der Waals surface area contributed by atoms with Gasteiger partial charge in [0.15, 0.2) is 0 Å². The molecule has 0 unspecified atom stereocenters. The lowest BCUT2D eigenvalue weighted by atomic mass is 10.1. The molecule has 4 rings (SSSR count). The lowest BCUT2D eigenvalue weighted by Gasteiger charge is -2.28. The molecule has 0 aliphatic carbocycles. The van der Waals surface area contributed by atoms with Crippen molar-refractivity contribution in [1.29, 1.82) is 0 Å². The van der Waals surface area contributed by atoms with Crippen LogP contribution in [0.4, 0.5) is 10.6 Å². The van der Waals surface area contributed by atoms with Gasteiger partial charge in [-0.1, -0.05) is 30.3 Å². The minimum absolute atomic E-state index is 0.0645. The van der Waals surface area contributed by atoms with E-state index in [1.807, 2.05) is 63.4 Å². The van der Waals surface area contributed by atoms with E-state index < -0.39 is 5.60 Å². The number of likely N-dealkylation sites (N-methyl/N-ethyl adjacent to an activating group) is 1. The Hall–Kier alpha value is -3.61. The highest BCUT2D eigenvalue weighted by molar-refractivity contribution is 5.68. The van der Waals surface area contributed by atoms with E-state index in [4.69, 9.17) is 4.74 Å². The molecule has 1 saturated heterocycles. The van der Waals surface area contributed by atoms with Crippen molar-refractivity contribution in [2.24, 2.45) is 0 Å². The van der Waals surface area contributed by atoms with Crippen LogP contribution in [0.25, 0.3) is 5.69 Å². The molecule has 1 fully saturated rings. The van der Waals surface area contributed by atoms with Crippen molar-refractivity contribution < 1.29 is 9.53 Å². The summed E-state index contributed by atoms with van der Waals surface area (Å²) < 4.78 is 7.11. The molecule has 1 amide bonds. The molecular formula is C28H34N4O3. The van der Waals surface area contributed by atoms with E-state index in [-0.39, 0.29) is 17.7 Å². The molecule has 0 radical (unpaired) electrons. The van der Waals surface area contributed by atoms with Gasteiger partial charge in [-0.25, -0.2) is 9.78 Å². The Morgan fingerprint density at radius 1 is 1.09 bits per heavy atom. The number of aryl methyl sites for hydroxylation is 2. The van der Waals surface area contributed by atoms with Gasteiger partial charge in [-0.2, -0.15) is 0 Å². The van der Waals surface area contributed by atoms with Gasteiger partial charge >= 0.3 is 6.09 Å². The summed E-state index contributed by atoms with van der Waals surface area (Å²) in [7, 11) is 1.79. The van der Waals surface area contributed by atoms with Crippen LogP contribution < -0.4 is 10.5 Å². The molecular weight excluding hydrogens is 440 g/mol. The molecule has 0 saturated carbocycles. The first-order valence-electron chi connectivity index (χ1n) is 12.1. The third-order valence-electron chi connectivity index (χ3n) is 6.26. The monoisotopic (exact) mass is 474 g/mol. The molecule has 184 valence electrons. The third-order valence-corrected chi connectivity index (χ3v) is 6.26. The predicted octanol–water partition coefficient (Wildman–Crippen LogP) is 4.46. The number of anilines is 1. The zero-order valence-electron chi connectivity index (χ0n) is 21.0. The largest absolute Gasteiger partial charge is 0.444 e.